The van der Waals surface area contributed by atoms with Crippen molar-refractivity contribution >= 4 is 28.4 Å². The standard InChI is InChI=1S/C30H27FN6O2/c1-30(2)25(23-17-35(3)34-26(23)28(32)38)27(18-7-5-4-6-8-18)36(29(30)39)22-13-14-24-19(15-22)16-33-37(24)21-11-9-20(31)10-12-21/h4-17,25,27H,1-3H3,(H2,32,38)/t25-,27+/m1/s1. The molecule has 0 aliphatic carbocycles. The van der Waals surface area contributed by atoms with Crippen LogP contribution >= 0.6 is 0 Å². The van der Waals surface area contributed by atoms with Gasteiger partial charge < -0.3 is 10.6 Å². The van der Waals surface area contributed by atoms with Crippen molar-refractivity contribution in [3.05, 3.63) is 108 Å². The second kappa shape index (κ2) is 8.90. The Labute approximate surface area is 224 Å². The molecule has 0 bridgehead atoms. The van der Waals surface area contributed by atoms with Crippen LogP contribution in [0.1, 0.15) is 47.4 Å². The van der Waals surface area contributed by atoms with Crippen LogP contribution in [0.3, 0.4) is 0 Å². The van der Waals surface area contributed by atoms with E-state index in [-0.39, 0.29) is 17.4 Å². The number of hydrogen-bond donors (Lipinski definition) is 1. The number of amides is 2. The van der Waals surface area contributed by atoms with Crippen molar-refractivity contribution in [3.63, 3.8) is 0 Å². The van der Waals surface area contributed by atoms with Gasteiger partial charge in [-0.1, -0.05) is 44.2 Å². The molecule has 1 aliphatic heterocycles. The molecule has 0 saturated carbocycles. The van der Waals surface area contributed by atoms with Crippen LogP contribution in [-0.2, 0) is 11.8 Å². The highest BCUT2D eigenvalue weighted by Gasteiger charge is 2.56. The number of carbonyl (C=O) groups is 2. The summed E-state index contributed by atoms with van der Waals surface area (Å²) in [7, 11) is 1.74. The molecule has 1 saturated heterocycles. The minimum atomic E-state index is -0.874. The first-order chi connectivity index (χ1) is 18.7. The Kier molecular flexibility index (Phi) is 5.60. The molecular formula is C30H27FN6O2. The number of fused-ring (bicyclic) bond motifs is 1. The third-order valence-electron chi connectivity index (χ3n) is 7.61. The molecule has 2 atom stereocenters. The number of anilines is 1. The average Bonchev–Trinajstić information content (AvgIpc) is 3.57. The number of hydrogen-bond acceptors (Lipinski definition) is 4. The molecule has 3 aromatic carbocycles. The lowest BCUT2D eigenvalue weighted by atomic mass is 9.72. The maximum absolute atomic E-state index is 14.2. The summed E-state index contributed by atoms with van der Waals surface area (Å²) in [6.07, 6.45) is 3.52. The molecule has 6 rings (SSSR count). The molecule has 2 N–H and O–H groups in total. The van der Waals surface area contributed by atoms with E-state index in [0.717, 1.165) is 22.2 Å². The Balaban J connectivity index is 1.51. The second-order valence-corrected chi connectivity index (χ2v) is 10.5. The van der Waals surface area contributed by atoms with Crippen LogP contribution in [-0.4, -0.2) is 31.4 Å². The molecule has 1 fully saturated rings. The predicted molar refractivity (Wildman–Crippen MR) is 146 cm³/mol. The zero-order valence-electron chi connectivity index (χ0n) is 21.7. The lowest BCUT2D eigenvalue weighted by molar-refractivity contribution is -0.124. The average molecular weight is 523 g/mol. The van der Waals surface area contributed by atoms with Crippen LogP contribution in [0, 0.1) is 11.2 Å². The van der Waals surface area contributed by atoms with Gasteiger partial charge >= 0.3 is 0 Å². The molecule has 5 aromatic rings. The number of benzene rings is 3. The van der Waals surface area contributed by atoms with Gasteiger partial charge in [0.05, 0.1) is 28.9 Å². The highest BCUT2D eigenvalue weighted by atomic mass is 19.1. The van der Waals surface area contributed by atoms with E-state index in [2.05, 4.69) is 10.2 Å². The van der Waals surface area contributed by atoms with E-state index in [0.29, 0.717) is 11.3 Å². The van der Waals surface area contributed by atoms with Crippen LogP contribution in [0.2, 0.25) is 0 Å². The summed E-state index contributed by atoms with van der Waals surface area (Å²) in [5.74, 6) is -1.43. The van der Waals surface area contributed by atoms with E-state index in [9.17, 15) is 14.0 Å². The summed E-state index contributed by atoms with van der Waals surface area (Å²) < 4.78 is 16.8. The molecule has 2 aromatic heterocycles. The highest BCUT2D eigenvalue weighted by Crippen LogP contribution is 2.56. The number of aryl methyl sites for hydroxylation is 1. The molecule has 9 heteroatoms. The van der Waals surface area contributed by atoms with Crippen molar-refractivity contribution in [2.75, 3.05) is 4.90 Å². The Hall–Kier alpha value is -4.79. The third-order valence-corrected chi connectivity index (χ3v) is 7.61. The first kappa shape index (κ1) is 24.5. The van der Waals surface area contributed by atoms with Crippen molar-refractivity contribution in [2.45, 2.75) is 25.8 Å². The van der Waals surface area contributed by atoms with Gasteiger partial charge in [-0.15, -0.1) is 0 Å². The number of primary amides is 1. The molecule has 0 radical (unpaired) electrons. The van der Waals surface area contributed by atoms with Crippen LogP contribution in [0.15, 0.2) is 85.2 Å². The first-order valence-electron chi connectivity index (χ1n) is 12.6. The number of nitrogens with zero attached hydrogens (tertiary/aromatic N) is 5. The smallest absolute Gasteiger partial charge is 0.269 e. The lowest BCUT2D eigenvalue weighted by Crippen LogP contribution is -2.32. The fraction of sp³-hybridized carbons (Fsp3) is 0.200. The largest absolute Gasteiger partial charge is 0.364 e. The Morgan fingerprint density at radius 2 is 1.69 bits per heavy atom. The topological polar surface area (TPSA) is 99.0 Å². The quantitative estimate of drug-likeness (QED) is 0.355. The number of halogens is 1. The fourth-order valence-corrected chi connectivity index (χ4v) is 5.83. The molecule has 0 unspecified atom stereocenters. The first-order valence-corrected chi connectivity index (χ1v) is 12.6. The minimum Gasteiger partial charge on any atom is -0.364 e. The van der Waals surface area contributed by atoms with Crippen molar-refractivity contribution in [1.82, 2.24) is 19.6 Å². The molecule has 2 amide bonds. The molecule has 39 heavy (non-hydrogen) atoms. The van der Waals surface area contributed by atoms with Gasteiger partial charge in [-0.3, -0.25) is 14.3 Å². The van der Waals surface area contributed by atoms with Gasteiger partial charge in [0.1, 0.15) is 5.82 Å². The Morgan fingerprint density at radius 3 is 2.38 bits per heavy atom. The fourth-order valence-electron chi connectivity index (χ4n) is 5.83. The minimum absolute atomic E-state index is 0.0779. The lowest BCUT2D eigenvalue weighted by Gasteiger charge is -2.30. The van der Waals surface area contributed by atoms with Crippen molar-refractivity contribution in [3.8, 4) is 5.69 Å². The van der Waals surface area contributed by atoms with Gasteiger partial charge in [-0.2, -0.15) is 10.2 Å². The number of rotatable bonds is 5. The second-order valence-electron chi connectivity index (χ2n) is 10.5. The number of aromatic nitrogens is 4. The summed E-state index contributed by atoms with van der Waals surface area (Å²) in [5, 5.41) is 9.67. The van der Waals surface area contributed by atoms with Gasteiger partial charge in [0, 0.05) is 35.8 Å². The SMILES string of the molecule is Cn1cc([C@@H]2[C@H](c3ccccc3)N(c3ccc4c(cnn4-c4ccc(F)cc4)c3)C(=O)C2(C)C)c(C(N)=O)n1. The highest BCUT2D eigenvalue weighted by molar-refractivity contribution is 6.04. The summed E-state index contributed by atoms with van der Waals surface area (Å²) in [6, 6.07) is 21.2. The number of nitrogens with two attached hydrogens (primary N) is 1. The maximum atomic E-state index is 14.2. The van der Waals surface area contributed by atoms with E-state index < -0.39 is 23.3 Å². The van der Waals surface area contributed by atoms with Crippen LogP contribution < -0.4 is 10.6 Å². The van der Waals surface area contributed by atoms with E-state index in [1.165, 1.54) is 12.1 Å². The molecule has 196 valence electrons. The van der Waals surface area contributed by atoms with Gasteiger partial charge in [-0.25, -0.2) is 9.07 Å². The predicted octanol–water partition coefficient (Wildman–Crippen LogP) is 4.89. The maximum Gasteiger partial charge on any atom is 0.269 e. The van der Waals surface area contributed by atoms with Crippen LogP contribution in [0.4, 0.5) is 10.1 Å². The Bertz CT molecular complexity index is 1720. The van der Waals surface area contributed by atoms with Gasteiger partial charge in [0.25, 0.3) is 5.91 Å². The van der Waals surface area contributed by atoms with E-state index in [1.807, 2.05) is 67.3 Å². The molecule has 8 nitrogen and oxygen atoms in total. The zero-order valence-corrected chi connectivity index (χ0v) is 21.7. The summed E-state index contributed by atoms with van der Waals surface area (Å²) in [5.41, 5.74) is 8.86. The zero-order chi connectivity index (χ0) is 27.5. The van der Waals surface area contributed by atoms with E-state index >= 15 is 0 Å². The molecule has 3 heterocycles. The van der Waals surface area contributed by atoms with Gasteiger partial charge in [-0.05, 0) is 48.0 Å². The third kappa shape index (κ3) is 3.89. The molecule has 0 spiro atoms. The van der Waals surface area contributed by atoms with Crippen molar-refractivity contribution < 1.29 is 14.0 Å². The van der Waals surface area contributed by atoms with Gasteiger partial charge in [0.2, 0.25) is 5.91 Å². The molecular weight excluding hydrogens is 495 g/mol. The van der Waals surface area contributed by atoms with Crippen LogP contribution in [0.5, 0.6) is 0 Å². The monoisotopic (exact) mass is 522 g/mol. The normalized spacial score (nSPS) is 18.7. The van der Waals surface area contributed by atoms with Crippen LogP contribution in [0.25, 0.3) is 16.6 Å². The van der Waals surface area contributed by atoms with E-state index in [1.54, 1.807) is 40.9 Å². The van der Waals surface area contributed by atoms with Crippen molar-refractivity contribution in [1.29, 1.82) is 0 Å². The summed E-state index contributed by atoms with van der Waals surface area (Å²) in [6.45, 7) is 3.80. The molecule has 1 aliphatic rings. The van der Waals surface area contributed by atoms with Gasteiger partial charge in [0.15, 0.2) is 5.69 Å². The van der Waals surface area contributed by atoms with Crippen molar-refractivity contribution in [2.24, 2.45) is 18.2 Å². The van der Waals surface area contributed by atoms with E-state index in [4.69, 9.17) is 5.73 Å². The summed E-state index contributed by atoms with van der Waals surface area (Å²) >= 11 is 0. The summed E-state index contributed by atoms with van der Waals surface area (Å²) in [4.78, 5) is 28.4. The Morgan fingerprint density at radius 1 is 1.00 bits per heavy atom. The number of carbonyl (C=O) groups excluding carboxylic acids is 2.